The lowest BCUT2D eigenvalue weighted by Gasteiger charge is -1.98. The molecule has 0 aromatic heterocycles. The molecule has 1 aliphatic rings. The van der Waals surface area contributed by atoms with Gasteiger partial charge >= 0.3 is 5.97 Å². The van der Waals surface area contributed by atoms with Crippen LogP contribution in [0.15, 0.2) is 30.3 Å². The zero-order valence-corrected chi connectivity index (χ0v) is 8.86. The van der Waals surface area contributed by atoms with E-state index in [0.717, 1.165) is 18.4 Å². The Morgan fingerprint density at radius 3 is 2.69 bits per heavy atom. The van der Waals surface area contributed by atoms with Crippen molar-refractivity contribution in [3.63, 3.8) is 0 Å². The Balaban J connectivity index is 1.82. The summed E-state index contributed by atoms with van der Waals surface area (Å²) >= 11 is 0. The van der Waals surface area contributed by atoms with Crippen molar-refractivity contribution < 1.29 is 13.9 Å². The van der Waals surface area contributed by atoms with E-state index in [4.69, 9.17) is 4.74 Å². The van der Waals surface area contributed by atoms with Gasteiger partial charge in [-0.15, -0.1) is 0 Å². The maximum Gasteiger partial charge on any atom is 0.330 e. The molecule has 0 amide bonds. The van der Waals surface area contributed by atoms with Crippen molar-refractivity contribution in [2.24, 2.45) is 5.92 Å². The zero-order valence-electron chi connectivity index (χ0n) is 8.86. The van der Waals surface area contributed by atoms with Crippen molar-refractivity contribution in [2.45, 2.75) is 12.8 Å². The highest BCUT2D eigenvalue weighted by molar-refractivity contribution is 5.87. The van der Waals surface area contributed by atoms with E-state index in [0.29, 0.717) is 12.5 Å². The van der Waals surface area contributed by atoms with E-state index in [1.807, 2.05) is 0 Å². The molecule has 1 saturated carbocycles. The van der Waals surface area contributed by atoms with Crippen LogP contribution in [0.4, 0.5) is 4.39 Å². The van der Waals surface area contributed by atoms with Crippen LogP contribution in [0.3, 0.4) is 0 Å². The van der Waals surface area contributed by atoms with Crippen LogP contribution in [0.2, 0.25) is 0 Å². The lowest BCUT2D eigenvalue weighted by molar-refractivity contribution is -0.138. The van der Waals surface area contributed by atoms with E-state index >= 15 is 0 Å². The van der Waals surface area contributed by atoms with Crippen LogP contribution >= 0.6 is 0 Å². The zero-order chi connectivity index (χ0) is 11.4. The third kappa shape index (κ3) is 3.50. The fraction of sp³-hybridized carbons (Fsp3) is 0.308. The van der Waals surface area contributed by atoms with Gasteiger partial charge in [-0.1, -0.05) is 12.1 Å². The van der Waals surface area contributed by atoms with Gasteiger partial charge in [-0.3, -0.25) is 0 Å². The van der Waals surface area contributed by atoms with Crippen LogP contribution in [0, 0.1) is 11.7 Å². The van der Waals surface area contributed by atoms with E-state index in [9.17, 15) is 9.18 Å². The molecule has 0 saturated heterocycles. The van der Waals surface area contributed by atoms with Gasteiger partial charge in [0.25, 0.3) is 0 Å². The fourth-order valence-electron chi connectivity index (χ4n) is 1.27. The second-order valence-corrected chi connectivity index (χ2v) is 3.96. The highest BCUT2D eigenvalue weighted by Gasteiger charge is 2.22. The van der Waals surface area contributed by atoms with Gasteiger partial charge in [0.1, 0.15) is 5.82 Å². The molecule has 1 aromatic rings. The molecule has 1 aromatic carbocycles. The molecular weight excluding hydrogens is 207 g/mol. The van der Waals surface area contributed by atoms with Gasteiger partial charge in [0.05, 0.1) is 6.61 Å². The molecule has 0 radical (unpaired) electrons. The molecule has 0 atom stereocenters. The van der Waals surface area contributed by atoms with Crippen LogP contribution in [-0.4, -0.2) is 12.6 Å². The number of rotatable bonds is 4. The second-order valence-electron chi connectivity index (χ2n) is 3.96. The van der Waals surface area contributed by atoms with Gasteiger partial charge < -0.3 is 4.74 Å². The van der Waals surface area contributed by atoms with Crippen LogP contribution in [0.25, 0.3) is 6.08 Å². The number of carbonyl (C=O) groups excluding carboxylic acids is 1. The molecular formula is C13H13FO2. The second kappa shape index (κ2) is 4.92. The summed E-state index contributed by atoms with van der Waals surface area (Å²) in [5, 5.41) is 0. The van der Waals surface area contributed by atoms with Crippen LogP contribution in [0.5, 0.6) is 0 Å². The number of carbonyl (C=O) groups is 1. The first kappa shape index (κ1) is 10.9. The molecule has 0 unspecified atom stereocenters. The first-order chi connectivity index (χ1) is 7.74. The summed E-state index contributed by atoms with van der Waals surface area (Å²) < 4.78 is 17.6. The van der Waals surface area contributed by atoms with E-state index in [1.165, 1.54) is 18.2 Å². The van der Waals surface area contributed by atoms with Crippen molar-refractivity contribution in [1.82, 2.24) is 0 Å². The third-order valence-electron chi connectivity index (χ3n) is 2.44. The quantitative estimate of drug-likeness (QED) is 0.576. The molecule has 16 heavy (non-hydrogen) atoms. The summed E-state index contributed by atoms with van der Waals surface area (Å²) in [4.78, 5) is 11.2. The Bertz CT molecular complexity index is 391. The van der Waals surface area contributed by atoms with Crippen molar-refractivity contribution in [1.29, 1.82) is 0 Å². The van der Waals surface area contributed by atoms with Gasteiger partial charge in [0, 0.05) is 6.08 Å². The first-order valence-electron chi connectivity index (χ1n) is 5.34. The van der Waals surface area contributed by atoms with Crippen molar-refractivity contribution >= 4 is 12.0 Å². The maximum atomic E-state index is 12.6. The van der Waals surface area contributed by atoms with Gasteiger partial charge in [-0.2, -0.15) is 0 Å². The third-order valence-corrected chi connectivity index (χ3v) is 2.44. The Labute approximate surface area is 93.7 Å². The largest absolute Gasteiger partial charge is 0.462 e. The predicted octanol–water partition coefficient (Wildman–Crippen LogP) is 2.79. The molecule has 1 fully saturated rings. The van der Waals surface area contributed by atoms with Crippen LogP contribution in [0.1, 0.15) is 18.4 Å². The average Bonchev–Trinajstić information content (AvgIpc) is 3.09. The summed E-state index contributed by atoms with van der Waals surface area (Å²) in [5.41, 5.74) is 0.782. The minimum absolute atomic E-state index is 0.284. The Morgan fingerprint density at radius 1 is 1.38 bits per heavy atom. The lowest BCUT2D eigenvalue weighted by atomic mass is 10.2. The molecule has 84 valence electrons. The van der Waals surface area contributed by atoms with Gasteiger partial charge in [0.15, 0.2) is 0 Å². The van der Waals surface area contributed by atoms with Gasteiger partial charge in [0.2, 0.25) is 0 Å². The summed E-state index contributed by atoms with van der Waals surface area (Å²) in [6, 6.07) is 5.93. The predicted molar refractivity (Wildman–Crippen MR) is 59.1 cm³/mol. The molecule has 0 N–H and O–H groups in total. The molecule has 0 heterocycles. The minimum Gasteiger partial charge on any atom is -0.462 e. The topological polar surface area (TPSA) is 26.3 Å². The summed E-state index contributed by atoms with van der Waals surface area (Å²) in [7, 11) is 0. The Hall–Kier alpha value is -1.64. The van der Waals surface area contributed by atoms with E-state index in [2.05, 4.69) is 0 Å². The maximum absolute atomic E-state index is 12.6. The fourth-order valence-corrected chi connectivity index (χ4v) is 1.27. The summed E-state index contributed by atoms with van der Waals surface area (Å²) in [6.45, 7) is 0.520. The molecule has 0 aliphatic heterocycles. The van der Waals surface area contributed by atoms with E-state index in [-0.39, 0.29) is 11.8 Å². The number of halogens is 1. The van der Waals surface area contributed by atoms with Crippen LogP contribution < -0.4 is 0 Å². The van der Waals surface area contributed by atoms with Crippen molar-refractivity contribution in [2.75, 3.05) is 6.61 Å². The molecule has 0 spiro atoms. The highest BCUT2D eigenvalue weighted by Crippen LogP contribution is 2.28. The SMILES string of the molecule is O=C(C=Cc1ccc(F)cc1)OCC1CC1. The molecule has 2 rings (SSSR count). The Morgan fingerprint density at radius 2 is 2.06 bits per heavy atom. The molecule has 1 aliphatic carbocycles. The number of esters is 1. The average molecular weight is 220 g/mol. The standard InChI is InChI=1S/C13H13FO2/c14-12-6-3-10(4-7-12)5-8-13(15)16-9-11-1-2-11/h3-8,11H,1-2,9H2. The smallest absolute Gasteiger partial charge is 0.330 e. The van der Waals surface area contributed by atoms with Gasteiger partial charge in [-0.05, 0) is 42.5 Å². The first-order valence-corrected chi connectivity index (χ1v) is 5.34. The molecule has 3 heteroatoms. The summed E-state index contributed by atoms with van der Waals surface area (Å²) in [6.07, 6.45) is 5.31. The number of benzene rings is 1. The molecule has 2 nitrogen and oxygen atoms in total. The van der Waals surface area contributed by atoms with Gasteiger partial charge in [-0.25, -0.2) is 9.18 Å². The monoisotopic (exact) mass is 220 g/mol. The van der Waals surface area contributed by atoms with E-state index in [1.54, 1.807) is 18.2 Å². The highest BCUT2D eigenvalue weighted by atomic mass is 19.1. The Kier molecular flexibility index (Phi) is 3.34. The summed E-state index contributed by atoms with van der Waals surface area (Å²) in [5.74, 6) is -0.0483. The lowest BCUT2D eigenvalue weighted by Crippen LogP contribution is -2.03. The van der Waals surface area contributed by atoms with Crippen LogP contribution in [-0.2, 0) is 9.53 Å². The number of ether oxygens (including phenoxy) is 1. The number of hydrogen-bond acceptors (Lipinski definition) is 2. The normalized spacial score (nSPS) is 15.3. The van der Waals surface area contributed by atoms with E-state index < -0.39 is 0 Å². The number of hydrogen-bond donors (Lipinski definition) is 0. The van der Waals surface area contributed by atoms with Crippen molar-refractivity contribution in [3.8, 4) is 0 Å². The minimum atomic E-state index is -0.337. The molecule has 0 bridgehead atoms. The van der Waals surface area contributed by atoms with Crippen molar-refractivity contribution in [3.05, 3.63) is 41.7 Å².